The highest BCUT2D eigenvalue weighted by Gasteiger charge is 2.14. The number of ether oxygens (including phenoxy) is 2. The van der Waals surface area contributed by atoms with Crippen LogP contribution < -0.4 is 14.8 Å². The Bertz CT molecular complexity index is 1230. The molecule has 146 valence electrons. The largest absolute Gasteiger partial charge is 0.486 e. The first kappa shape index (κ1) is 17.6. The molecule has 1 aliphatic heterocycles. The average molecular weight is 386 g/mol. The summed E-state index contributed by atoms with van der Waals surface area (Å²) >= 11 is 0. The van der Waals surface area contributed by atoms with Gasteiger partial charge in [-0.15, -0.1) is 0 Å². The number of hydrogen-bond donors (Lipinski definition) is 1. The number of fused-ring (bicyclic) bond motifs is 4. The molecule has 1 aliphatic rings. The molecule has 1 amide bonds. The molecule has 0 spiro atoms. The van der Waals surface area contributed by atoms with Crippen LogP contribution in [-0.4, -0.2) is 23.7 Å². The van der Waals surface area contributed by atoms with Crippen molar-refractivity contribution in [2.75, 3.05) is 18.5 Å². The van der Waals surface area contributed by atoms with E-state index in [0.29, 0.717) is 19.0 Å². The van der Waals surface area contributed by atoms with E-state index in [9.17, 15) is 4.79 Å². The van der Waals surface area contributed by atoms with Crippen molar-refractivity contribution in [1.29, 1.82) is 0 Å². The molecule has 1 N–H and O–H groups in total. The quantitative estimate of drug-likeness (QED) is 0.550. The van der Waals surface area contributed by atoms with Gasteiger partial charge in [-0.1, -0.05) is 24.3 Å². The van der Waals surface area contributed by atoms with E-state index in [-0.39, 0.29) is 12.3 Å². The van der Waals surface area contributed by atoms with Gasteiger partial charge in [-0.25, -0.2) is 0 Å². The van der Waals surface area contributed by atoms with Gasteiger partial charge in [-0.3, -0.25) is 4.79 Å². The third-order valence-corrected chi connectivity index (χ3v) is 5.34. The summed E-state index contributed by atoms with van der Waals surface area (Å²) < 4.78 is 13.4. The van der Waals surface area contributed by atoms with Gasteiger partial charge in [0.25, 0.3) is 0 Å². The van der Waals surface area contributed by atoms with Gasteiger partial charge in [0.15, 0.2) is 11.5 Å². The van der Waals surface area contributed by atoms with Crippen molar-refractivity contribution in [1.82, 2.24) is 4.57 Å². The molecule has 1 aromatic heterocycles. The van der Waals surface area contributed by atoms with Crippen LogP contribution in [0.2, 0.25) is 0 Å². The molecule has 29 heavy (non-hydrogen) atoms. The van der Waals surface area contributed by atoms with Crippen LogP contribution in [0.15, 0.2) is 60.7 Å². The first-order valence-corrected chi connectivity index (χ1v) is 9.92. The smallest absolute Gasteiger partial charge is 0.228 e. The SMILES string of the molecule is CCn1c2ccccc2c2cc(NC(=O)Cc3ccc4c(c3)OCCO4)ccc21. The van der Waals surface area contributed by atoms with Gasteiger partial charge in [0.1, 0.15) is 13.2 Å². The van der Waals surface area contributed by atoms with Crippen LogP contribution in [0.5, 0.6) is 11.5 Å². The fourth-order valence-electron chi connectivity index (χ4n) is 4.06. The zero-order chi connectivity index (χ0) is 19.8. The highest BCUT2D eigenvalue weighted by atomic mass is 16.6. The lowest BCUT2D eigenvalue weighted by atomic mass is 10.1. The summed E-state index contributed by atoms with van der Waals surface area (Å²) in [5.41, 5.74) is 4.10. The summed E-state index contributed by atoms with van der Waals surface area (Å²) in [5.74, 6) is 1.38. The number of para-hydroxylation sites is 1. The Balaban J connectivity index is 1.40. The number of hydrogen-bond acceptors (Lipinski definition) is 3. The molecule has 0 aliphatic carbocycles. The molecule has 0 saturated carbocycles. The number of aryl methyl sites for hydroxylation is 1. The lowest BCUT2D eigenvalue weighted by Gasteiger charge is -2.18. The third kappa shape index (κ3) is 3.18. The molecule has 3 aromatic carbocycles. The molecular formula is C24H22N2O3. The van der Waals surface area contributed by atoms with Crippen LogP contribution in [0.1, 0.15) is 12.5 Å². The van der Waals surface area contributed by atoms with Crippen LogP contribution in [-0.2, 0) is 17.8 Å². The van der Waals surface area contributed by atoms with E-state index in [1.807, 2.05) is 24.3 Å². The number of anilines is 1. The minimum Gasteiger partial charge on any atom is -0.486 e. The Morgan fingerprint density at radius 3 is 2.59 bits per heavy atom. The monoisotopic (exact) mass is 386 g/mol. The second-order valence-electron chi connectivity index (χ2n) is 7.20. The van der Waals surface area contributed by atoms with Gasteiger partial charge in [0, 0.05) is 34.0 Å². The second kappa shape index (κ2) is 7.17. The lowest BCUT2D eigenvalue weighted by molar-refractivity contribution is -0.115. The molecule has 5 nitrogen and oxygen atoms in total. The summed E-state index contributed by atoms with van der Waals surface area (Å²) in [6.07, 6.45) is 0.283. The summed E-state index contributed by atoms with van der Waals surface area (Å²) in [6.45, 7) is 4.15. The van der Waals surface area contributed by atoms with Crippen LogP contribution in [0.25, 0.3) is 21.8 Å². The molecular weight excluding hydrogens is 364 g/mol. The van der Waals surface area contributed by atoms with Gasteiger partial charge in [0.05, 0.1) is 6.42 Å². The van der Waals surface area contributed by atoms with Crippen molar-refractivity contribution in [2.24, 2.45) is 0 Å². The molecule has 5 rings (SSSR count). The summed E-state index contributed by atoms with van der Waals surface area (Å²) in [4.78, 5) is 12.6. The lowest BCUT2D eigenvalue weighted by Crippen LogP contribution is -2.17. The van der Waals surface area contributed by atoms with Gasteiger partial charge >= 0.3 is 0 Å². The van der Waals surface area contributed by atoms with Gasteiger partial charge in [-0.05, 0) is 48.9 Å². The number of carbonyl (C=O) groups excluding carboxylic acids is 1. The van der Waals surface area contributed by atoms with Gasteiger partial charge in [0.2, 0.25) is 5.91 Å². The molecule has 4 aromatic rings. The standard InChI is InChI=1S/C24H22N2O3/c1-2-26-20-6-4-3-5-18(20)19-15-17(8-9-21(19)26)25-24(27)14-16-7-10-22-23(13-16)29-12-11-28-22/h3-10,13,15H,2,11-12,14H2,1H3,(H,25,27). The fraction of sp³-hybridized carbons (Fsp3) is 0.208. The zero-order valence-electron chi connectivity index (χ0n) is 16.3. The Hall–Kier alpha value is -3.47. The van der Waals surface area contributed by atoms with E-state index in [1.165, 1.54) is 16.4 Å². The number of carbonyl (C=O) groups is 1. The van der Waals surface area contributed by atoms with Crippen LogP contribution in [0, 0.1) is 0 Å². The number of amides is 1. The molecule has 0 unspecified atom stereocenters. The number of aromatic nitrogens is 1. The molecule has 5 heteroatoms. The molecule has 0 bridgehead atoms. The normalized spacial score (nSPS) is 13.0. The molecule has 0 radical (unpaired) electrons. The van der Waals surface area contributed by atoms with Crippen molar-refractivity contribution >= 4 is 33.4 Å². The number of benzene rings is 3. The van der Waals surface area contributed by atoms with E-state index in [0.717, 1.165) is 28.9 Å². The van der Waals surface area contributed by atoms with E-state index < -0.39 is 0 Å². The molecule has 2 heterocycles. The summed E-state index contributed by atoms with van der Waals surface area (Å²) in [5, 5.41) is 5.39. The first-order chi connectivity index (χ1) is 14.2. The average Bonchev–Trinajstić information content (AvgIpc) is 3.06. The maximum atomic E-state index is 12.6. The zero-order valence-corrected chi connectivity index (χ0v) is 16.3. The summed E-state index contributed by atoms with van der Waals surface area (Å²) in [7, 11) is 0. The Morgan fingerprint density at radius 2 is 1.72 bits per heavy atom. The van der Waals surface area contributed by atoms with Gasteiger partial charge < -0.3 is 19.4 Å². The van der Waals surface area contributed by atoms with Crippen molar-refractivity contribution in [3.8, 4) is 11.5 Å². The van der Waals surface area contributed by atoms with Crippen LogP contribution in [0.4, 0.5) is 5.69 Å². The minimum absolute atomic E-state index is 0.0553. The molecule has 0 fully saturated rings. The van der Waals surface area contributed by atoms with E-state index in [4.69, 9.17) is 9.47 Å². The Labute approximate surface area is 168 Å². The van der Waals surface area contributed by atoms with Crippen molar-refractivity contribution < 1.29 is 14.3 Å². The van der Waals surface area contributed by atoms with Crippen LogP contribution >= 0.6 is 0 Å². The highest BCUT2D eigenvalue weighted by Crippen LogP contribution is 2.32. The van der Waals surface area contributed by atoms with Crippen molar-refractivity contribution in [3.05, 3.63) is 66.2 Å². The van der Waals surface area contributed by atoms with Crippen LogP contribution in [0.3, 0.4) is 0 Å². The van der Waals surface area contributed by atoms with Crippen molar-refractivity contribution in [2.45, 2.75) is 19.9 Å². The maximum Gasteiger partial charge on any atom is 0.228 e. The molecule has 0 atom stereocenters. The predicted molar refractivity (Wildman–Crippen MR) is 115 cm³/mol. The van der Waals surface area contributed by atoms with E-state index in [1.54, 1.807) is 0 Å². The fourth-order valence-corrected chi connectivity index (χ4v) is 4.06. The van der Waals surface area contributed by atoms with Crippen molar-refractivity contribution in [3.63, 3.8) is 0 Å². The Morgan fingerprint density at radius 1 is 0.931 bits per heavy atom. The Kier molecular flexibility index (Phi) is 4.35. The van der Waals surface area contributed by atoms with E-state index in [2.05, 4.69) is 53.2 Å². The topological polar surface area (TPSA) is 52.5 Å². The predicted octanol–water partition coefficient (Wildman–Crippen LogP) is 4.77. The first-order valence-electron chi connectivity index (χ1n) is 9.92. The highest BCUT2D eigenvalue weighted by molar-refractivity contribution is 6.09. The second-order valence-corrected chi connectivity index (χ2v) is 7.20. The maximum absolute atomic E-state index is 12.6. The number of nitrogens with one attached hydrogen (secondary N) is 1. The van der Waals surface area contributed by atoms with E-state index >= 15 is 0 Å². The number of nitrogens with zero attached hydrogens (tertiary/aromatic N) is 1. The summed E-state index contributed by atoms with van der Waals surface area (Å²) in [6, 6.07) is 20.1. The number of rotatable bonds is 4. The third-order valence-electron chi connectivity index (χ3n) is 5.34. The molecule has 0 saturated heterocycles. The van der Waals surface area contributed by atoms with Gasteiger partial charge in [-0.2, -0.15) is 0 Å². The minimum atomic E-state index is -0.0553.